The molecule has 2 N–H and O–H groups in total. The number of thioether (sulfide) groups is 1. The van der Waals surface area contributed by atoms with Gasteiger partial charge >= 0.3 is 5.97 Å². The highest BCUT2D eigenvalue weighted by molar-refractivity contribution is 7.98. The number of hydrogen-bond donors (Lipinski definition) is 2. The molecule has 28 heavy (non-hydrogen) atoms. The summed E-state index contributed by atoms with van der Waals surface area (Å²) >= 11 is 3.21. The minimum atomic E-state index is -1.09. The number of fused-ring (bicyclic) bond motifs is 2. The van der Waals surface area contributed by atoms with E-state index in [1.807, 2.05) is 30.1 Å². The fourth-order valence-electron chi connectivity index (χ4n) is 4.38. The van der Waals surface area contributed by atoms with Gasteiger partial charge in [0.2, 0.25) is 15.8 Å². The highest BCUT2D eigenvalue weighted by Crippen LogP contribution is 2.51. The second-order valence-corrected chi connectivity index (χ2v) is 8.87. The van der Waals surface area contributed by atoms with Crippen LogP contribution in [0.25, 0.3) is 10.4 Å². The topological polar surface area (TPSA) is 86.9 Å². The Kier molecular flexibility index (Phi) is 5.87. The Morgan fingerprint density at radius 2 is 2.14 bits per heavy atom. The number of amides is 1. The number of nitrogens with zero attached hydrogens (tertiary/aromatic N) is 3. The Balaban J connectivity index is 0.00000225. The van der Waals surface area contributed by atoms with E-state index in [-0.39, 0.29) is 47.5 Å². The number of carboxylic acid groups (broad SMARTS) is 1. The van der Waals surface area contributed by atoms with Crippen LogP contribution in [-0.4, -0.2) is 50.0 Å². The van der Waals surface area contributed by atoms with Crippen LogP contribution in [0.15, 0.2) is 23.2 Å². The number of carboxylic acids is 1. The molecular formula is C18H22IN3O4S2. The van der Waals surface area contributed by atoms with Gasteiger partial charge < -0.3 is 39.1 Å². The maximum Gasteiger partial charge on any atom is 0.352 e. The van der Waals surface area contributed by atoms with Crippen molar-refractivity contribution in [3.63, 3.8) is 0 Å². The minimum Gasteiger partial charge on any atom is -1.00 e. The van der Waals surface area contributed by atoms with Crippen LogP contribution >= 0.6 is 23.1 Å². The Hall–Kier alpha value is -1.11. The zero-order chi connectivity index (χ0) is 19.6. The lowest BCUT2D eigenvalue weighted by Gasteiger charge is -2.46. The monoisotopic (exact) mass is 535 g/mol. The Labute approximate surface area is 188 Å². The van der Waals surface area contributed by atoms with Crippen molar-refractivity contribution in [1.29, 1.82) is 0 Å². The van der Waals surface area contributed by atoms with Crippen LogP contribution < -0.4 is 28.4 Å². The molecule has 4 atom stereocenters. The fourth-order valence-corrected chi connectivity index (χ4v) is 6.62. The van der Waals surface area contributed by atoms with Crippen LogP contribution in [-0.2, 0) is 16.1 Å². The third-order valence-corrected chi connectivity index (χ3v) is 7.67. The number of aliphatic hydroxyl groups excluding tert-OH is 1. The predicted molar refractivity (Wildman–Crippen MR) is 102 cm³/mol. The minimum absolute atomic E-state index is 0. The molecule has 2 aromatic heterocycles. The van der Waals surface area contributed by atoms with E-state index in [9.17, 15) is 19.8 Å². The predicted octanol–water partition coefficient (Wildman–Crippen LogP) is -1.31. The zero-order valence-electron chi connectivity index (χ0n) is 15.9. The number of hydrogen-bond acceptors (Lipinski definition) is 5. The van der Waals surface area contributed by atoms with Crippen LogP contribution in [0.1, 0.15) is 25.6 Å². The lowest BCUT2D eigenvalue weighted by molar-refractivity contribution is -0.508. The maximum atomic E-state index is 12.5. The Morgan fingerprint density at radius 1 is 1.46 bits per heavy atom. The van der Waals surface area contributed by atoms with E-state index in [0.29, 0.717) is 5.57 Å². The number of aromatic nitrogens is 2. The summed E-state index contributed by atoms with van der Waals surface area (Å²) in [4.78, 5) is 27.8. The van der Waals surface area contributed by atoms with E-state index in [2.05, 4.69) is 11.5 Å². The van der Waals surface area contributed by atoms with E-state index in [4.69, 9.17) is 0 Å². The summed E-state index contributed by atoms with van der Waals surface area (Å²) in [7, 11) is 0. The number of halogens is 1. The first kappa shape index (κ1) is 21.6. The molecule has 7 nitrogen and oxygen atoms in total. The molecule has 2 aliphatic heterocycles. The van der Waals surface area contributed by atoms with Gasteiger partial charge in [0.15, 0.2) is 0 Å². The average molecular weight is 535 g/mol. The summed E-state index contributed by atoms with van der Waals surface area (Å²) in [6.45, 7) is 6.48. The number of carbonyl (C=O) groups excluding carboxylic acids is 1. The van der Waals surface area contributed by atoms with E-state index in [1.54, 1.807) is 30.0 Å². The highest BCUT2D eigenvalue weighted by Gasteiger charge is 2.60. The summed E-state index contributed by atoms with van der Waals surface area (Å²) in [6.07, 6.45) is 5.20. The number of rotatable bonds is 5. The summed E-state index contributed by atoms with van der Waals surface area (Å²) in [6, 6.07) is -0.291. The van der Waals surface area contributed by atoms with Crippen LogP contribution in [0.3, 0.4) is 0 Å². The molecule has 0 aromatic carbocycles. The largest absolute Gasteiger partial charge is 1.00 e. The molecule has 2 aromatic rings. The zero-order valence-corrected chi connectivity index (χ0v) is 19.7. The van der Waals surface area contributed by atoms with Crippen molar-refractivity contribution in [3.8, 4) is 0 Å². The Morgan fingerprint density at radius 3 is 2.68 bits per heavy atom. The lowest BCUT2D eigenvalue weighted by atomic mass is 9.77. The molecule has 0 spiro atoms. The standard InChI is InChI=1S/C18H21N3O4S2.HI/c1-5-19-7-20-6-10(27-17(20)16(19)26-4)11-8(2)13-12(9(3)22)15(23)21(13)14(11)18(24)25;/h6-9,12-13,22H,5H2,1-4H3;1H/t8-,9+,12+,13+;/m0./s1. The number of carbonyl (C=O) groups is 2. The normalized spacial score (nSPS) is 25.0. The van der Waals surface area contributed by atoms with Crippen molar-refractivity contribution in [2.75, 3.05) is 6.26 Å². The first-order valence-corrected chi connectivity index (χ1v) is 10.9. The second-order valence-electron chi connectivity index (χ2n) is 7.04. The van der Waals surface area contributed by atoms with Crippen molar-refractivity contribution in [2.45, 2.75) is 44.5 Å². The number of imidazole rings is 1. The van der Waals surface area contributed by atoms with Crippen molar-refractivity contribution < 1.29 is 48.2 Å². The van der Waals surface area contributed by atoms with Crippen LogP contribution in [0.2, 0.25) is 0 Å². The van der Waals surface area contributed by atoms with Gasteiger partial charge in [0.1, 0.15) is 11.9 Å². The second kappa shape index (κ2) is 7.62. The molecule has 1 saturated heterocycles. The number of aliphatic carboxylic acids is 1. The van der Waals surface area contributed by atoms with E-state index in [0.717, 1.165) is 21.3 Å². The molecule has 4 rings (SSSR count). The molecule has 1 amide bonds. The molecule has 152 valence electrons. The van der Waals surface area contributed by atoms with Gasteiger partial charge in [0.25, 0.3) is 6.33 Å². The van der Waals surface area contributed by atoms with Crippen molar-refractivity contribution in [2.24, 2.45) is 11.8 Å². The third kappa shape index (κ3) is 2.83. The van der Waals surface area contributed by atoms with Crippen molar-refractivity contribution in [1.82, 2.24) is 9.47 Å². The van der Waals surface area contributed by atoms with Crippen LogP contribution in [0.5, 0.6) is 0 Å². The van der Waals surface area contributed by atoms with Crippen molar-refractivity contribution >= 4 is 45.4 Å². The lowest BCUT2D eigenvalue weighted by Crippen LogP contribution is -3.00. The van der Waals surface area contributed by atoms with E-state index >= 15 is 0 Å². The summed E-state index contributed by atoms with van der Waals surface area (Å²) in [5, 5.41) is 20.9. The number of β-lactam (4-membered cyclic amide) rings is 1. The molecule has 4 heterocycles. The number of aliphatic hydroxyl groups is 1. The molecule has 1 fully saturated rings. The molecule has 0 aliphatic carbocycles. The molecule has 0 bridgehead atoms. The van der Waals surface area contributed by atoms with Crippen LogP contribution in [0.4, 0.5) is 0 Å². The van der Waals surface area contributed by atoms with Gasteiger partial charge in [0.05, 0.1) is 29.5 Å². The number of aryl methyl sites for hydroxylation is 1. The van der Waals surface area contributed by atoms with E-state index in [1.165, 1.54) is 4.90 Å². The highest BCUT2D eigenvalue weighted by atomic mass is 127. The first-order chi connectivity index (χ1) is 12.8. The fraction of sp³-hybridized carbons (Fsp3) is 0.500. The third-order valence-electron chi connectivity index (χ3n) is 5.58. The van der Waals surface area contributed by atoms with Gasteiger partial charge in [-0.3, -0.25) is 4.79 Å². The summed E-state index contributed by atoms with van der Waals surface area (Å²) < 4.78 is 4.18. The molecule has 0 saturated carbocycles. The number of thiazole rings is 1. The van der Waals surface area contributed by atoms with Gasteiger partial charge in [0, 0.05) is 11.5 Å². The van der Waals surface area contributed by atoms with E-state index < -0.39 is 18.0 Å². The molecular weight excluding hydrogens is 513 g/mol. The van der Waals surface area contributed by atoms with Crippen molar-refractivity contribution in [3.05, 3.63) is 23.1 Å². The molecule has 0 unspecified atom stereocenters. The maximum absolute atomic E-state index is 12.5. The van der Waals surface area contributed by atoms with Gasteiger partial charge in [-0.05, 0) is 20.1 Å². The molecule has 2 aliphatic rings. The van der Waals surface area contributed by atoms with Crippen LogP contribution in [0, 0.1) is 11.8 Å². The van der Waals surface area contributed by atoms with Gasteiger partial charge in [-0.25, -0.2) is 9.36 Å². The molecule has 10 heteroatoms. The van der Waals surface area contributed by atoms with Gasteiger partial charge in [-0.15, -0.1) is 0 Å². The van der Waals surface area contributed by atoms with Gasteiger partial charge in [-0.1, -0.05) is 30.0 Å². The average Bonchev–Trinajstić information content (AvgIpc) is 3.21. The first-order valence-electron chi connectivity index (χ1n) is 8.88. The quantitative estimate of drug-likeness (QED) is 0.215. The Bertz CT molecular complexity index is 997. The SMILES string of the molecule is CCn1c[n+]2cc(C3=C(C(=O)O)N4C(=O)[C@H]([C@@H](C)O)[C@H]4[C@H]3C)sc2c1SC.[I-]. The molecule has 0 radical (unpaired) electrons. The van der Waals surface area contributed by atoms with Gasteiger partial charge in [-0.2, -0.15) is 4.40 Å². The smallest absolute Gasteiger partial charge is 0.352 e. The summed E-state index contributed by atoms with van der Waals surface area (Å²) in [5.41, 5.74) is 0.751. The summed E-state index contributed by atoms with van der Waals surface area (Å²) in [5.74, 6) is -2.08.